The van der Waals surface area contributed by atoms with Gasteiger partial charge in [0.1, 0.15) is 0 Å². The molecule has 1 amide bonds. The van der Waals surface area contributed by atoms with Crippen LogP contribution in [-0.4, -0.2) is 23.9 Å². The highest BCUT2D eigenvalue weighted by atomic mass is 16.2. The zero-order chi connectivity index (χ0) is 15.4. The number of nitrogens with zero attached hydrogens (tertiary/aromatic N) is 2. The van der Waals surface area contributed by atoms with Crippen LogP contribution >= 0.6 is 0 Å². The Labute approximate surface area is 125 Å². The van der Waals surface area contributed by atoms with Gasteiger partial charge in [0, 0.05) is 24.2 Å². The van der Waals surface area contributed by atoms with E-state index in [2.05, 4.69) is 6.07 Å². The summed E-state index contributed by atoms with van der Waals surface area (Å²) < 4.78 is 0. The van der Waals surface area contributed by atoms with Gasteiger partial charge in [-0.25, -0.2) is 0 Å². The highest BCUT2D eigenvalue weighted by Gasteiger charge is 2.19. The van der Waals surface area contributed by atoms with E-state index in [-0.39, 0.29) is 11.9 Å². The third-order valence-electron chi connectivity index (χ3n) is 3.59. The van der Waals surface area contributed by atoms with Crippen LogP contribution < -0.4 is 0 Å². The van der Waals surface area contributed by atoms with Gasteiger partial charge in [0.05, 0.1) is 11.6 Å². The Balaban J connectivity index is 2.57. The molecule has 0 aromatic heterocycles. The molecule has 0 aliphatic carbocycles. The Hall–Kier alpha value is -2.60. The van der Waals surface area contributed by atoms with Gasteiger partial charge in [-0.2, -0.15) is 5.26 Å². The highest BCUT2D eigenvalue weighted by Crippen LogP contribution is 2.27. The third-order valence-corrected chi connectivity index (χ3v) is 3.59. The summed E-state index contributed by atoms with van der Waals surface area (Å²) in [5, 5.41) is 9.26. The largest absolute Gasteiger partial charge is 0.339 e. The quantitative estimate of drug-likeness (QED) is 0.859. The lowest BCUT2D eigenvalue weighted by Gasteiger charge is -2.23. The number of nitriles is 1. The third kappa shape index (κ3) is 2.95. The first kappa shape index (κ1) is 14.8. The number of benzene rings is 2. The molecule has 0 bridgehead atoms. The summed E-state index contributed by atoms with van der Waals surface area (Å²) >= 11 is 0. The fourth-order valence-electron chi connectivity index (χ4n) is 2.14. The minimum Gasteiger partial charge on any atom is -0.339 e. The lowest BCUT2D eigenvalue weighted by Crippen LogP contribution is -2.33. The maximum Gasteiger partial charge on any atom is 0.254 e. The highest BCUT2D eigenvalue weighted by molar-refractivity contribution is 6.01. The lowest BCUT2D eigenvalue weighted by molar-refractivity contribution is 0.0755. The van der Waals surface area contributed by atoms with E-state index in [9.17, 15) is 10.1 Å². The number of rotatable bonds is 3. The molecule has 3 heteroatoms. The number of carbonyl (C=O) groups is 1. The van der Waals surface area contributed by atoms with E-state index >= 15 is 0 Å². The standard InChI is InChI=1S/C18H18N2O/c1-13(2)20(3)18(21)17-11-7-6-10-16(17)15-9-5-4-8-14(15)12-19/h4-11,13H,1-3H3. The van der Waals surface area contributed by atoms with Crippen molar-refractivity contribution in [3.8, 4) is 17.2 Å². The van der Waals surface area contributed by atoms with Crippen LogP contribution in [0.1, 0.15) is 29.8 Å². The van der Waals surface area contributed by atoms with Gasteiger partial charge in [-0.15, -0.1) is 0 Å². The molecule has 0 unspecified atom stereocenters. The molecule has 0 aliphatic heterocycles. The monoisotopic (exact) mass is 278 g/mol. The van der Waals surface area contributed by atoms with E-state index in [1.165, 1.54) is 0 Å². The predicted molar refractivity (Wildman–Crippen MR) is 83.8 cm³/mol. The molecule has 3 nitrogen and oxygen atoms in total. The van der Waals surface area contributed by atoms with Crippen LogP contribution in [0.3, 0.4) is 0 Å². The topological polar surface area (TPSA) is 44.1 Å². The van der Waals surface area contributed by atoms with Crippen LogP contribution in [0.4, 0.5) is 0 Å². The summed E-state index contributed by atoms with van der Waals surface area (Å²) in [4.78, 5) is 14.3. The van der Waals surface area contributed by atoms with Crippen molar-refractivity contribution >= 4 is 5.91 Å². The first-order valence-corrected chi connectivity index (χ1v) is 6.92. The molecule has 2 aromatic carbocycles. The van der Waals surface area contributed by atoms with Crippen molar-refractivity contribution in [2.75, 3.05) is 7.05 Å². The molecule has 0 N–H and O–H groups in total. The maximum absolute atomic E-state index is 12.6. The van der Waals surface area contributed by atoms with Crippen LogP contribution in [0.5, 0.6) is 0 Å². The van der Waals surface area contributed by atoms with Crippen LogP contribution in [-0.2, 0) is 0 Å². The molecule has 0 heterocycles. The summed E-state index contributed by atoms with van der Waals surface area (Å²) in [6.07, 6.45) is 0. The number of hydrogen-bond donors (Lipinski definition) is 0. The van der Waals surface area contributed by atoms with E-state index < -0.39 is 0 Å². The van der Waals surface area contributed by atoms with Gasteiger partial charge in [-0.1, -0.05) is 36.4 Å². The molecule has 0 spiro atoms. The van der Waals surface area contributed by atoms with Crippen molar-refractivity contribution in [3.05, 3.63) is 59.7 Å². The molecule has 0 saturated carbocycles. The van der Waals surface area contributed by atoms with Gasteiger partial charge in [-0.05, 0) is 31.5 Å². The maximum atomic E-state index is 12.6. The average Bonchev–Trinajstić information content (AvgIpc) is 2.53. The molecule has 0 saturated heterocycles. The van der Waals surface area contributed by atoms with E-state index in [4.69, 9.17) is 0 Å². The molecule has 0 atom stereocenters. The molecule has 0 aliphatic rings. The number of hydrogen-bond acceptors (Lipinski definition) is 2. The Morgan fingerprint density at radius 1 is 1.05 bits per heavy atom. The number of carbonyl (C=O) groups excluding carboxylic acids is 1. The Bertz CT molecular complexity index is 698. The van der Waals surface area contributed by atoms with Gasteiger partial charge < -0.3 is 4.90 Å². The average molecular weight is 278 g/mol. The first-order chi connectivity index (χ1) is 10.1. The second-order valence-electron chi connectivity index (χ2n) is 5.21. The van der Waals surface area contributed by atoms with Crippen molar-refractivity contribution in [1.29, 1.82) is 5.26 Å². The van der Waals surface area contributed by atoms with Crippen LogP contribution in [0.2, 0.25) is 0 Å². The Kier molecular flexibility index (Phi) is 4.39. The molecule has 0 fully saturated rings. The smallest absolute Gasteiger partial charge is 0.254 e. The van der Waals surface area contributed by atoms with Gasteiger partial charge in [0.15, 0.2) is 0 Å². The zero-order valence-electron chi connectivity index (χ0n) is 12.5. The minimum absolute atomic E-state index is 0.0339. The van der Waals surface area contributed by atoms with Crippen LogP contribution in [0.15, 0.2) is 48.5 Å². The van der Waals surface area contributed by atoms with Gasteiger partial charge in [0.2, 0.25) is 0 Å². The van der Waals surface area contributed by atoms with Crippen molar-refractivity contribution in [1.82, 2.24) is 4.90 Å². The fourth-order valence-corrected chi connectivity index (χ4v) is 2.14. The normalized spacial score (nSPS) is 10.2. The molecule has 21 heavy (non-hydrogen) atoms. The first-order valence-electron chi connectivity index (χ1n) is 6.92. The summed E-state index contributed by atoms with van der Waals surface area (Å²) in [6.45, 7) is 3.95. The van der Waals surface area contributed by atoms with Gasteiger partial charge in [0.25, 0.3) is 5.91 Å². The van der Waals surface area contributed by atoms with Gasteiger partial charge >= 0.3 is 0 Å². The van der Waals surface area contributed by atoms with E-state index in [0.717, 1.165) is 11.1 Å². The SMILES string of the molecule is CC(C)N(C)C(=O)c1ccccc1-c1ccccc1C#N. The fraction of sp³-hybridized carbons (Fsp3) is 0.222. The summed E-state index contributed by atoms with van der Waals surface area (Å²) in [5.41, 5.74) is 2.79. The van der Waals surface area contributed by atoms with Gasteiger partial charge in [-0.3, -0.25) is 4.79 Å². The van der Waals surface area contributed by atoms with E-state index in [1.807, 2.05) is 56.3 Å². The van der Waals surface area contributed by atoms with Crippen LogP contribution in [0, 0.1) is 11.3 Å². The summed E-state index contributed by atoms with van der Waals surface area (Å²) in [5.74, 6) is -0.0339. The second kappa shape index (κ2) is 6.23. The molecule has 2 aromatic rings. The van der Waals surface area contributed by atoms with Crippen LogP contribution in [0.25, 0.3) is 11.1 Å². The zero-order valence-corrected chi connectivity index (χ0v) is 12.5. The second-order valence-corrected chi connectivity index (χ2v) is 5.21. The minimum atomic E-state index is -0.0339. The van der Waals surface area contributed by atoms with Crippen molar-refractivity contribution < 1.29 is 4.79 Å². The molecule has 2 rings (SSSR count). The lowest BCUT2D eigenvalue weighted by atomic mass is 9.95. The summed E-state index contributed by atoms with van der Waals surface area (Å²) in [6, 6.07) is 17.1. The summed E-state index contributed by atoms with van der Waals surface area (Å²) in [7, 11) is 1.79. The molecular weight excluding hydrogens is 260 g/mol. The predicted octanol–water partition coefficient (Wildman–Crippen LogP) is 3.71. The van der Waals surface area contributed by atoms with Crippen molar-refractivity contribution in [2.45, 2.75) is 19.9 Å². The molecule has 0 radical (unpaired) electrons. The van der Waals surface area contributed by atoms with Crippen molar-refractivity contribution in [2.24, 2.45) is 0 Å². The Morgan fingerprint density at radius 2 is 1.62 bits per heavy atom. The molecular formula is C18H18N2O. The molecule has 106 valence electrons. The van der Waals surface area contributed by atoms with Crippen molar-refractivity contribution in [3.63, 3.8) is 0 Å². The van der Waals surface area contributed by atoms with E-state index in [1.54, 1.807) is 18.0 Å². The van der Waals surface area contributed by atoms with E-state index in [0.29, 0.717) is 11.1 Å². The Morgan fingerprint density at radius 3 is 2.24 bits per heavy atom. The number of amides is 1.